The molecule has 0 aromatic rings. The van der Waals surface area contributed by atoms with Crippen molar-refractivity contribution in [3.05, 3.63) is 12.3 Å². The van der Waals surface area contributed by atoms with Gasteiger partial charge in [-0.25, -0.2) is 0 Å². The molecule has 0 unspecified atom stereocenters. The molecule has 0 heterocycles. The van der Waals surface area contributed by atoms with Crippen LogP contribution < -0.4 is 0 Å². The molecule has 0 aliphatic rings. The molecule has 3 heteroatoms. The molecule has 0 aliphatic carbocycles. The van der Waals surface area contributed by atoms with E-state index < -0.39 is 5.97 Å². The summed E-state index contributed by atoms with van der Waals surface area (Å²) >= 11 is 0. The monoisotopic (exact) mass is 144 g/mol. The van der Waals surface area contributed by atoms with Gasteiger partial charge >= 0.3 is 5.97 Å². The Kier molecular flexibility index (Phi) is 3.09. The predicted molar refractivity (Wildman–Crippen MR) is 39.4 cm³/mol. The summed E-state index contributed by atoms with van der Waals surface area (Å²) in [6.45, 7) is 0. The Bertz CT molecular complexity index is 144. The Labute approximate surface area is 61.2 Å². The lowest BCUT2D eigenvalue weighted by atomic mass is 10.4. The molecule has 0 aromatic carbocycles. The maximum Gasteiger partial charge on any atom is 0.307 e. The summed E-state index contributed by atoms with van der Waals surface area (Å²) < 4.78 is 0.660. The number of nitrogens with zero attached hydrogens (tertiary/aromatic N) is 1. The molecule has 0 aliphatic heterocycles. The first-order valence-corrected chi connectivity index (χ1v) is 3.12. The number of aliphatic carboxylic acids is 1. The van der Waals surface area contributed by atoms with E-state index in [-0.39, 0.29) is 6.42 Å². The fourth-order valence-corrected chi connectivity index (χ4v) is 0.470. The molecule has 0 rings (SSSR count). The first-order chi connectivity index (χ1) is 4.42. The average molecular weight is 144 g/mol. The molecule has 1 N–H and O–H groups in total. The topological polar surface area (TPSA) is 37.3 Å². The molecule has 0 saturated carbocycles. The predicted octanol–water partition coefficient (Wildman–Crippen LogP) is 0.681. The lowest BCUT2D eigenvalue weighted by Gasteiger charge is -2.16. The molecule has 0 bridgehead atoms. The van der Waals surface area contributed by atoms with Crippen molar-refractivity contribution in [2.75, 3.05) is 21.1 Å². The van der Waals surface area contributed by atoms with Crippen molar-refractivity contribution in [3.63, 3.8) is 0 Å². The molecule has 3 nitrogen and oxygen atoms in total. The van der Waals surface area contributed by atoms with Crippen LogP contribution in [0, 0.1) is 0 Å². The number of rotatable bonds is 3. The second-order valence-electron chi connectivity index (χ2n) is 3.10. The van der Waals surface area contributed by atoms with Gasteiger partial charge in [0.2, 0.25) is 0 Å². The number of carboxylic acid groups (broad SMARTS) is 1. The second kappa shape index (κ2) is 3.37. The van der Waals surface area contributed by atoms with E-state index in [1.165, 1.54) is 0 Å². The van der Waals surface area contributed by atoms with Gasteiger partial charge in [0.15, 0.2) is 0 Å². The van der Waals surface area contributed by atoms with Crippen molar-refractivity contribution in [3.8, 4) is 0 Å². The second-order valence-corrected chi connectivity index (χ2v) is 3.10. The van der Waals surface area contributed by atoms with Gasteiger partial charge in [-0.15, -0.1) is 0 Å². The Morgan fingerprint density at radius 2 is 2.00 bits per heavy atom. The fraction of sp³-hybridized carbons (Fsp3) is 0.571. The van der Waals surface area contributed by atoms with E-state index in [1.54, 1.807) is 6.08 Å². The summed E-state index contributed by atoms with van der Waals surface area (Å²) in [6.07, 6.45) is 3.60. The Hall–Kier alpha value is -0.830. The third kappa shape index (κ3) is 7.17. The minimum Gasteiger partial charge on any atom is -0.481 e. The Morgan fingerprint density at radius 1 is 1.50 bits per heavy atom. The normalized spacial score (nSPS) is 12.3. The molecule has 0 saturated heterocycles. The van der Waals surface area contributed by atoms with Crippen LogP contribution in [-0.4, -0.2) is 36.7 Å². The number of hydrogen-bond donors (Lipinski definition) is 1. The quantitative estimate of drug-likeness (QED) is 0.591. The van der Waals surface area contributed by atoms with E-state index in [4.69, 9.17) is 5.11 Å². The first kappa shape index (κ1) is 9.17. The standard InChI is InChI=1S/C7H13NO2/c1-8(2,3)6-4-5-7(9)10/h4,6H,5H2,1-3H3/p+1. The molecule has 10 heavy (non-hydrogen) atoms. The van der Waals surface area contributed by atoms with Crippen molar-refractivity contribution >= 4 is 5.97 Å². The molecule has 0 amide bonds. The minimum absolute atomic E-state index is 0.107. The van der Waals surface area contributed by atoms with Crippen LogP contribution in [0.5, 0.6) is 0 Å². The molecular weight excluding hydrogens is 130 g/mol. The molecule has 0 spiro atoms. The zero-order valence-corrected chi connectivity index (χ0v) is 6.66. The minimum atomic E-state index is -0.787. The van der Waals surface area contributed by atoms with Gasteiger partial charge in [-0.1, -0.05) is 0 Å². The molecule has 58 valence electrons. The maximum atomic E-state index is 10.0. The van der Waals surface area contributed by atoms with E-state index >= 15 is 0 Å². The van der Waals surface area contributed by atoms with Crippen LogP contribution in [0.25, 0.3) is 0 Å². The van der Waals surface area contributed by atoms with Crippen molar-refractivity contribution < 1.29 is 14.4 Å². The molecule has 0 atom stereocenters. The summed E-state index contributed by atoms with van der Waals surface area (Å²) in [5.74, 6) is -0.787. The third-order valence-electron chi connectivity index (χ3n) is 0.845. The van der Waals surface area contributed by atoms with Crippen molar-refractivity contribution in [1.82, 2.24) is 0 Å². The summed E-state index contributed by atoms with van der Waals surface area (Å²) in [4.78, 5) is 10.0. The van der Waals surface area contributed by atoms with Crippen LogP contribution in [0.1, 0.15) is 6.42 Å². The van der Waals surface area contributed by atoms with Crippen molar-refractivity contribution in [2.45, 2.75) is 6.42 Å². The van der Waals surface area contributed by atoms with Crippen LogP contribution >= 0.6 is 0 Å². The Morgan fingerprint density at radius 3 is 2.30 bits per heavy atom. The van der Waals surface area contributed by atoms with Gasteiger partial charge in [0, 0.05) is 0 Å². The van der Waals surface area contributed by atoms with E-state index in [2.05, 4.69) is 0 Å². The highest BCUT2D eigenvalue weighted by molar-refractivity contribution is 5.68. The van der Waals surface area contributed by atoms with Gasteiger partial charge in [0.25, 0.3) is 0 Å². The SMILES string of the molecule is C[N+](C)(C)C=CCC(=O)O. The number of hydrogen-bond acceptors (Lipinski definition) is 1. The van der Waals surface area contributed by atoms with Gasteiger partial charge in [-0.3, -0.25) is 4.79 Å². The van der Waals surface area contributed by atoms with Crippen LogP contribution in [0.2, 0.25) is 0 Å². The number of quaternary nitrogens is 1. The largest absolute Gasteiger partial charge is 0.481 e. The number of carbonyl (C=O) groups is 1. The number of carboxylic acids is 1. The smallest absolute Gasteiger partial charge is 0.307 e. The molecular formula is C7H14NO2+. The van der Waals surface area contributed by atoms with Gasteiger partial charge in [0.1, 0.15) is 0 Å². The van der Waals surface area contributed by atoms with Gasteiger partial charge < -0.3 is 9.59 Å². The van der Waals surface area contributed by atoms with E-state index in [9.17, 15) is 4.79 Å². The summed E-state index contributed by atoms with van der Waals surface area (Å²) in [5.41, 5.74) is 0. The van der Waals surface area contributed by atoms with Crippen LogP contribution in [0.15, 0.2) is 12.3 Å². The van der Waals surface area contributed by atoms with E-state index in [1.807, 2.05) is 27.3 Å². The lowest BCUT2D eigenvalue weighted by Crippen LogP contribution is -2.26. The molecule has 0 radical (unpaired) electrons. The van der Waals surface area contributed by atoms with Crippen LogP contribution in [-0.2, 0) is 4.79 Å². The van der Waals surface area contributed by atoms with Crippen molar-refractivity contribution in [2.24, 2.45) is 0 Å². The lowest BCUT2D eigenvalue weighted by molar-refractivity contribution is -0.817. The van der Waals surface area contributed by atoms with Crippen LogP contribution in [0.4, 0.5) is 0 Å². The molecule has 0 aromatic heterocycles. The summed E-state index contributed by atoms with van der Waals surface area (Å²) in [7, 11) is 5.91. The highest BCUT2D eigenvalue weighted by Crippen LogP contribution is 1.92. The zero-order valence-electron chi connectivity index (χ0n) is 6.66. The molecule has 0 fully saturated rings. The fourth-order valence-electron chi connectivity index (χ4n) is 0.470. The Balaban J connectivity index is 3.67. The van der Waals surface area contributed by atoms with Gasteiger partial charge in [-0.05, 0) is 6.08 Å². The van der Waals surface area contributed by atoms with E-state index in [0.717, 1.165) is 0 Å². The summed E-state index contributed by atoms with van der Waals surface area (Å²) in [6, 6.07) is 0. The van der Waals surface area contributed by atoms with Gasteiger partial charge in [0.05, 0.1) is 33.8 Å². The van der Waals surface area contributed by atoms with Crippen LogP contribution in [0.3, 0.4) is 0 Å². The van der Waals surface area contributed by atoms with E-state index in [0.29, 0.717) is 4.48 Å². The first-order valence-electron chi connectivity index (χ1n) is 3.12. The average Bonchev–Trinajstić information content (AvgIpc) is 1.59. The maximum absolute atomic E-state index is 10.0. The highest BCUT2D eigenvalue weighted by atomic mass is 16.4. The third-order valence-corrected chi connectivity index (χ3v) is 0.845. The highest BCUT2D eigenvalue weighted by Gasteiger charge is 1.99. The summed E-state index contributed by atoms with van der Waals surface area (Å²) in [5, 5.41) is 8.25. The van der Waals surface area contributed by atoms with Crippen molar-refractivity contribution in [1.29, 1.82) is 0 Å². The zero-order chi connectivity index (χ0) is 8.20. The van der Waals surface area contributed by atoms with Gasteiger partial charge in [-0.2, -0.15) is 0 Å².